The molecule has 0 spiro atoms. The minimum absolute atomic E-state index is 0.0114. The van der Waals surface area contributed by atoms with Gasteiger partial charge in [0.05, 0.1) is 11.6 Å². The first-order valence-corrected chi connectivity index (χ1v) is 12.2. The van der Waals surface area contributed by atoms with Gasteiger partial charge in [-0.2, -0.15) is 18.3 Å². The van der Waals surface area contributed by atoms with E-state index >= 15 is 0 Å². The Morgan fingerprint density at radius 1 is 0.974 bits per heavy atom. The van der Waals surface area contributed by atoms with Crippen LogP contribution in [-0.4, -0.2) is 25.9 Å². The molecule has 1 aromatic carbocycles. The third-order valence-corrected chi connectivity index (χ3v) is 4.78. The largest absolute Gasteiger partial charge is 0.482 e. The summed E-state index contributed by atoms with van der Waals surface area (Å²) in [7, 11) is 1.69. The van der Waals surface area contributed by atoms with E-state index in [2.05, 4.69) is 15.4 Å². The van der Waals surface area contributed by atoms with Crippen LogP contribution in [0.1, 0.15) is 62.3 Å². The van der Waals surface area contributed by atoms with Gasteiger partial charge in [0, 0.05) is 47.6 Å². The smallest absolute Gasteiger partial charge is 0.345 e. The number of aryl methyl sites for hydroxylation is 1. The average molecular weight is 531 g/mol. The van der Waals surface area contributed by atoms with Gasteiger partial charge in [-0.25, -0.2) is 0 Å². The lowest BCUT2D eigenvalue weighted by molar-refractivity contribution is -0.915. The number of nitrogens with zero attached hydrogens (tertiary/aromatic N) is 4. The molecule has 1 atom stereocenters. The average Bonchev–Trinajstić information content (AvgIpc) is 3.34. The van der Waals surface area contributed by atoms with E-state index in [9.17, 15) is 23.2 Å². The lowest BCUT2D eigenvalue weighted by Gasteiger charge is -2.13. The van der Waals surface area contributed by atoms with Crippen LogP contribution in [0.2, 0.25) is 0 Å². The van der Waals surface area contributed by atoms with Gasteiger partial charge in [0.2, 0.25) is 6.20 Å². The third kappa shape index (κ3) is 9.34. The molecule has 0 bridgehead atoms. The Morgan fingerprint density at radius 2 is 1.55 bits per heavy atom. The summed E-state index contributed by atoms with van der Waals surface area (Å²) >= 11 is 0. The number of hydrogen-bond acceptors (Lipinski definition) is 4. The highest BCUT2D eigenvalue weighted by atomic mass is 19.4. The van der Waals surface area contributed by atoms with E-state index in [0.717, 1.165) is 17.8 Å². The van der Waals surface area contributed by atoms with Crippen LogP contribution in [0.4, 0.5) is 13.2 Å². The Balaban J connectivity index is 0.000000616. The van der Waals surface area contributed by atoms with Crippen molar-refractivity contribution >= 4 is 5.91 Å². The van der Waals surface area contributed by atoms with Gasteiger partial charge >= 0.3 is 11.9 Å². The number of halogens is 3. The van der Waals surface area contributed by atoms with Gasteiger partial charge in [-0.1, -0.05) is 64.1 Å². The monoisotopic (exact) mass is 530 g/mol. The molecule has 1 amide bonds. The molecule has 4 aromatic rings. The van der Waals surface area contributed by atoms with Gasteiger partial charge in [0.1, 0.15) is 5.69 Å². The highest BCUT2D eigenvalue weighted by molar-refractivity contribution is 6.00. The van der Waals surface area contributed by atoms with Crippen molar-refractivity contribution in [2.24, 2.45) is 7.05 Å². The summed E-state index contributed by atoms with van der Waals surface area (Å²) in [6.45, 7) is 9.61. The van der Waals surface area contributed by atoms with Crippen LogP contribution in [0.5, 0.6) is 0 Å². The molecule has 7 nitrogen and oxygen atoms in total. The van der Waals surface area contributed by atoms with Gasteiger partial charge in [-0.15, -0.1) is 0 Å². The van der Waals surface area contributed by atoms with Gasteiger partial charge in [-0.3, -0.25) is 19.7 Å². The topological polar surface area (TPSA) is 83.9 Å². The van der Waals surface area contributed by atoms with Crippen LogP contribution in [0.25, 0.3) is 11.3 Å². The molecular formula is C28H35F3N5O2+. The highest BCUT2D eigenvalue weighted by Gasteiger charge is 2.42. The SMILES string of the molecule is CC.CC.C[C@@H](NC(=O)c1cn(C)nc1-c1ccccc1)c1ccc(C(F)(F)F)[n+](O)c1.c1ccncc1. The molecule has 0 fully saturated rings. The second kappa shape index (κ2) is 15.8. The second-order valence-corrected chi connectivity index (χ2v) is 7.34. The lowest BCUT2D eigenvalue weighted by Crippen LogP contribution is -2.40. The molecule has 4 rings (SSSR count). The van der Waals surface area contributed by atoms with Crippen molar-refractivity contribution in [1.29, 1.82) is 0 Å². The number of pyridine rings is 2. The van der Waals surface area contributed by atoms with Gasteiger partial charge < -0.3 is 5.32 Å². The van der Waals surface area contributed by atoms with E-state index in [0.29, 0.717) is 16.8 Å². The number of amides is 1. The fraction of sp³-hybridized carbons (Fsp3) is 0.286. The molecule has 3 heterocycles. The Hall–Kier alpha value is -4.21. The number of carbonyl (C=O) groups is 1. The minimum Gasteiger partial charge on any atom is -0.345 e. The van der Waals surface area contributed by atoms with Crippen molar-refractivity contribution in [3.05, 3.63) is 102 Å². The molecule has 0 aliphatic rings. The number of nitrogens with one attached hydrogen (secondary N) is 1. The Labute approximate surface area is 221 Å². The molecule has 3 aromatic heterocycles. The summed E-state index contributed by atoms with van der Waals surface area (Å²) < 4.78 is 39.8. The van der Waals surface area contributed by atoms with Gasteiger partial charge in [0.25, 0.3) is 5.91 Å². The fourth-order valence-corrected chi connectivity index (χ4v) is 3.12. The van der Waals surface area contributed by atoms with E-state index in [-0.39, 0.29) is 4.73 Å². The summed E-state index contributed by atoms with van der Waals surface area (Å²) in [5.41, 5.74) is 0.716. The molecular weight excluding hydrogens is 495 g/mol. The van der Waals surface area contributed by atoms with Crippen molar-refractivity contribution < 1.29 is 27.9 Å². The zero-order chi connectivity index (χ0) is 28.7. The van der Waals surface area contributed by atoms with Crippen molar-refractivity contribution in [1.82, 2.24) is 20.1 Å². The zero-order valence-corrected chi connectivity index (χ0v) is 22.4. The maximum absolute atomic E-state index is 12.8. The first-order valence-electron chi connectivity index (χ1n) is 12.2. The van der Waals surface area contributed by atoms with E-state index in [1.807, 2.05) is 76.2 Å². The minimum atomic E-state index is -4.68. The molecule has 0 saturated heterocycles. The summed E-state index contributed by atoms with van der Waals surface area (Å²) in [5, 5.41) is 16.6. The van der Waals surface area contributed by atoms with Crippen molar-refractivity contribution in [3.8, 4) is 11.3 Å². The van der Waals surface area contributed by atoms with E-state index in [1.165, 1.54) is 10.7 Å². The number of rotatable bonds is 4. The molecule has 2 N–H and O–H groups in total. The van der Waals surface area contributed by atoms with E-state index in [1.54, 1.807) is 32.6 Å². The van der Waals surface area contributed by atoms with Crippen LogP contribution in [-0.2, 0) is 13.2 Å². The summed E-state index contributed by atoms with van der Waals surface area (Å²) in [4.78, 5) is 16.5. The Bertz CT molecular complexity index is 1200. The van der Waals surface area contributed by atoms with Crippen LogP contribution in [0.15, 0.2) is 85.5 Å². The predicted octanol–water partition coefficient (Wildman–Crippen LogP) is 6.26. The molecule has 38 heavy (non-hydrogen) atoms. The first-order chi connectivity index (χ1) is 18.2. The van der Waals surface area contributed by atoms with Crippen LogP contribution >= 0.6 is 0 Å². The number of hydrogen-bond donors (Lipinski definition) is 2. The van der Waals surface area contributed by atoms with E-state index < -0.39 is 23.8 Å². The lowest BCUT2D eigenvalue weighted by atomic mass is 10.1. The molecule has 0 unspecified atom stereocenters. The summed E-state index contributed by atoms with van der Waals surface area (Å²) in [6, 6.07) is 16.2. The number of carbonyl (C=O) groups excluding carboxylic acids is 1. The van der Waals surface area contributed by atoms with Crippen LogP contribution in [0, 0.1) is 0 Å². The zero-order valence-electron chi connectivity index (χ0n) is 22.4. The maximum Gasteiger partial charge on any atom is 0.482 e. The molecule has 0 aliphatic carbocycles. The molecule has 0 saturated carbocycles. The number of aromatic nitrogens is 4. The summed E-state index contributed by atoms with van der Waals surface area (Å²) in [5.74, 6) is -0.427. The van der Waals surface area contributed by atoms with Crippen molar-refractivity contribution in [2.75, 3.05) is 0 Å². The van der Waals surface area contributed by atoms with E-state index in [4.69, 9.17) is 0 Å². The fourth-order valence-electron chi connectivity index (χ4n) is 3.12. The molecule has 0 aliphatic heterocycles. The number of benzene rings is 1. The predicted molar refractivity (Wildman–Crippen MR) is 140 cm³/mol. The van der Waals surface area contributed by atoms with Crippen molar-refractivity contribution in [2.45, 2.75) is 46.8 Å². The molecule has 10 heteroatoms. The molecule has 0 radical (unpaired) electrons. The molecule has 204 valence electrons. The normalized spacial score (nSPS) is 10.9. The summed E-state index contributed by atoms with van der Waals surface area (Å²) in [6.07, 6.45) is 1.32. The maximum atomic E-state index is 12.8. The third-order valence-electron chi connectivity index (χ3n) is 4.78. The second-order valence-electron chi connectivity index (χ2n) is 7.34. The highest BCUT2D eigenvalue weighted by Crippen LogP contribution is 2.27. The standard InChI is InChI=1S/C19H17F3N4O2.C5H5N.2C2H6/c1-12(14-8-9-16(19(20,21)22)26(28)10-14)23-18(27)15-11-25(2)24-17(15)13-6-4-3-5-7-13;1-2-4-6-5-3-1;2*1-2/h3-12H,1-2H3,(H-,23,27,28);1-5H;2*1-2H3/p+1/t12-;;;/m1.../s1. The number of alkyl halides is 3. The first kappa shape index (κ1) is 31.8. The van der Waals surface area contributed by atoms with Crippen molar-refractivity contribution in [3.63, 3.8) is 0 Å². The van der Waals surface area contributed by atoms with Gasteiger partial charge in [0.15, 0.2) is 0 Å². The van der Waals surface area contributed by atoms with Crippen LogP contribution < -0.4 is 10.0 Å². The van der Waals surface area contributed by atoms with Gasteiger partial charge in [-0.05, 0) is 25.1 Å². The Kier molecular flexibility index (Phi) is 13.2. The van der Waals surface area contributed by atoms with Crippen LogP contribution in [0.3, 0.4) is 0 Å². The Morgan fingerprint density at radius 3 is 2.03 bits per heavy atom. The quantitative estimate of drug-likeness (QED) is 0.241.